The molecule has 0 saturated carbocycles. The number of hydrogen-bond donors (Lipinski definition) is 1. The molecule has 0 aliphatic heterocycles. The zero-order valence-corrected chi connectivity index (χ0v) is 15.8. The van der Waals surface area contributed by atoms with Gasteiger partial charge in [-0.25, -0.2) is 9.37 Å². The normalized spacial score (nSPS) is 12.7. The quantitative estimate of drug-likeness (QED) is 0.735. The van der Waals surface area contributed by atoms with Gasteiger partial charge >= 0.3 is 0 Å². The molecule has 0 saturated heterocycles. The van der Waals surface area contributed by atoms with Gasteiger partial charge in [-0.15, -0.1) is 0 Å². The van der Waals surface area contributed by atoms with Crippen molar-refractivity contribution in [1.82, 2.24) is 14.5 Å². The highest BCUT2D eigenvalue weighted by molar-refractivity contribution is 5.57. The SMILES string of the molecule is COc1ccc(Nc2nc(=O)c3c(n2Cc2ccc(F)cc2)CCC3)c(C)n1. The Morgan fingerprint density at radius 2 is 1.93 bits per heavy atom. The monoisotopic (exact) mass is 380 g/mol. The predicted molar refractivity (Wildman–Crippen MR) is 105 cm³/mol. The highest BCUT2D eigenvalue weighted by atomic mass is 19.1. The van der Waals surface area contributed by atoms with E-state index in [1.54, 1.807) is 25.3 Å². The standard InChI is InChI=1S/C21H21FN4O2/c1-13-17(10-11-19(23-13)28-2)24-21-25-20(27)16-4-3-5-18(16)26(21)12-14-6-8-15(22)9-7-14/h6-11H,3-5,12H2,1-2H3,(H,24,25,27). The maximum absolute atomic E-state index is 13.3. The largest absolute Gasteiger partial charge is 0.481 e. The lowest BCUT2D eigenvalue weighted by atomic mass is 10.2. The van der Waals surface area contributed by atoms with Crippen LogP contribution in [0.15, 0.2) is 41.2 Å². The van der Waals surface area contributed by atoms with Crippen molar-refractivity contribution in [3.8, 4) is 5.88 Å². The Balaban J connectivity index is 1.77. The number of hydrogen-bond acceptors (Lipinski definition) is 5. The van der Waals surface area contributed by atoms with Crippen LogP contribution in [-0.2, 0) is 19.4 Å². The highest BCUT2D eigenvalue weighted by Gasteiger charge is 2.22. The molecular weight excluding hydrogens is 359 g/mol. The lowest BCUT2D eigenvalue weighted by Crippen LogP contribution is -2.23. The van der Waals surface area contributed by atoms with Gasteiger partial charge in [0.2, 0.25) is 11.8 Å². The smallest absolute Gasteiger partial charge is 0.277 e. The average Bonchev–Trinajstić information content (AvgIpc) is 3.18. The molecule has 1 aliphatic carbocycles. The van der Waals surface area contributed by atoms with Crippen LogP contribution >= 0.6 is 0 Å². The summed E-state index contributed by atoms with van der Waals surface area (Å²) in [4.78, 5) is 21.2. The van der Waals surface area contributed by atoms with E-state index in [2.05, 4.69) is 15.3 Å². The van der Waals surface area contributed by atoms with Gasteiger partial charge in [0.1, 0.15) is 5.82 Å². The molecule has 0 unspecified atom stereocenters. The first-order valence-corrected chi connectivity index (χ1v) is 9.21. The number of aryl methyl sites for hydroxylation is 1. The van der Waals surface area contributed by atoms with Crippen molar-refractivity contribution in [1.29, 1.82) is 0 Å². The second kappa shape index (κ2) is 7.42. The number of fused-ring (bicyclic) bond motifs is 1. The number of pyridine rings is 1. The zero-order chi connectivity index (χ0) is 19.7. The van der Waals surface area contributed by atoms with Crippen LogP contribution < -0.4 is 15.6 Å². The van der Waals surface area contributed by atoms with Gasteiger partial charge in [0, 0.05) is 17.3 Å². The molecule has 28 heavy (non-hydrogen) atoms. The number of nitrogens with zero attached hydrogens (tertiary/aromatic N) is 3. The first-order valence-electron chi connectivity index (χ1n) is 9.21. The maximum atomic E-state index is 13.3. The summed E-state index contributed by atoms with van der Waals surface area (Å²) in [5.74, 6) is 0.712. The summed E-state index contributed by atoms with van der Waals surface area (Å²) >= 11 is 0. The Bertz CT molecular complexity index is 1080. The first-order chi connectivity index (χ1) is 13.5. The number of benzene rings is 1. The molecule has 3 aromatic rings. The average molecular weight is 380 g/mol. The molecule has 0 fully saturated rings. The molecule has 1 N–H and O–H groups in total. The van der Waals surface area contributed by atoms with Crippen LogP contribution in [0.3, 0.4) is 0 Å². The molecule has 1 aromatic carbocycles. The summed E-state index contributed by atoms with van der Waals surface area (Å²) in [5.41, 5.74) is 4.00. The minimum Gasteiger partial charge on any atom is -0.481 e. The minimum absolute atomic E-state index is 0.190. The van der Waals surface area contributed by atoms with Crippen LogP contribution in [0.5, 0.6) is 5.88 Å². The van der Waals surface area contributed by atoms with Crippen molar-refractivity contribution in [3.05, 3.63) is 75.1 Å². The van der Waals surface area contributed by atoms with Crippen molar-refractivity contribution in [3.63, 3.8) is 0 Å². The van der Waals surface area contributed by atoms with Crippen LogP contribution in [-0.4, -0.2) is 21.6 Å². The molecule has 0 amide bonds. The first kappa shape index (κ1) is 18.2. The maximum Gasteiger partial charge on any atom is 0.277 e. The molecule has 4 rings (SSSR count). The molecule has 144 valence electrons. The summed E-state index contributed by atoms with van der Waals surface area (Å²) in [6, 6.07) is 9.98. The van der Waals surface area contributed by atoms with E-state index < -0.39 is 0 Å². The molecule has 6 nitrogen and oxygen atoms in total. The fourth-order valence-electron chi connectivity index (χ4n) is 3.55. The second-order valence-corrected chi connectivity index (χ2v) is 6.84. The molecular formula is C21H21FN4O2. The Morgan fingerprint density at radius 3 is 2.64 bits per heavy atom. The van der Waals surface area contributed by atoms with Gasteiger partial charge < -0.3 is 14.6 Å². The van der Waals surface area contributed by atoms with Crippen LogP contribution in [0, 0.1) is 12.7 Å². The molecule has 7 heteroatoms. The summed E-state index contributed by atoms with van der Waals surface area (Å²) in [6.45, 7) is 2.36. The van der Waals surface area contributed by atoms with Gasteiger partial charge in [0.05, 0.1) is 25.0 Å². The third-order valence-electron chi connectivity index (χ3n) is 5.01. The van der Waals surface area contributed by atoms with Crippen molar-refractivity contribution < 1.29 is 9.13 Å². The van der Waals surface area contributed by atoms with Crippen LogP contribution in [0.4, 0.5) is 16.0 Å². The van der Waals surface area contributed by atoms with Crippen molar-refractivity contribution >= 4 is 11.6 Å². The molecule has 0 bridgehead atoms. The number of aromatic nitrogens is 3. The molecule has 1 aliphatic rings. The highest BCUT2D eigenvalue weighted by Crippen LogP contribution is 2.26. The number of anilines is 2. The van der Waals surface area contributed by atoms with E-state index in [4.69, 9.17) is 4.74 Å². The van der Waals surface area contributed by atoms with E-state index in [-0.39, 0.29) is 11.4 Å². The Morgan fingerprint density at radius 1 is 1.14 bits per heavy atom. The summed E-state index contributed by atoms with van der Waals surface area (Å²) in [6.07, 6.45) is 2.50. The number of nitrogens with one attached hydrogen (secondary N) is 1. The summed E-state index contributed by atoms with van der Waals surface area (Å²) in [7, 11) is 1.57. The third-order valence-corrected chi connectivity index (χ3v) is 5.01. The van der Waals surface area contributed by atoms with Gasteiger partial charge in [-0.05, 0) is 49.9 Å². The Hall–Kier alpha value is -3.22. The third kappa shape index (κ3) is 3.47. The van der Waals surface area contributed by atoms with Crippen LogP contribution in [0.25, 0.3) is 0 Å². The van der Waals surface area contributed by atoms with Gasteiger partial charge in [-0.2, -0.15) is 4.98 Å². The van der Waals surface area contributed by atoms with Gasteiger partial charge in [-0.1, -0.05) is 12.1 Å². The van der Waals surface area contributed by atoms with E-state index in [1.807, 2.05) is 17.6 Å². The van der Waals surface area contributed by atoms with Crippen molar-refractivity contribution in [2.45, 2.75) is 32.7 Å². The molecule has 0 radical (unpaired) electrons. The number of methoxy groups -OCH3 is 1. The fourth-order valence-corrected chi connectivity index (χ4v) is 3.55. The minimum atomic E-state index is -0.273. The van der Waals surface area contributed by atoms with Gasteiger partial charge in [0.25, 0.3) is 5.56 Å². The van der Waals surface area contributed by atoms with Gasteiger partial charge in [0.15, 0.2) is 0 Å². The Kier molecular flexibility index (Phi) is 4.81. The fraction of sp³-hybridized carbons (Fsp3) is 0.286. The van der Waals surface area contributed by atoms with Gasteiger partial charge in [-0.3, -0.25) is 4.79 Å². The summed E-state index contributed by atoms with van der Waals surface area (Å²) < 4.78 is 20.4. The van der Waals surface area contributed by atoms with Crippen molar-refractivity contribution in [2.24, 2.45) is 0 Å². The molecule has 2 heterocycles. The molecule has 0 spiro atoms. The van der Waals surface area contributed by atoms with E-state index in [1.165, 1.54) is 12.1 Å². The Labute approximate surface area is 162 Å². The van der Waals surface area contributed by atoms with Crippen LogP contribution in [0.1, 0.15) is 28.9 Å². The lowest BCUT2D eigenvalue weighted by Gasteiger charge is -2.19. The predicted octanol–water partition coefficient (Wildman–Crippen LogP) is 3.38. The zero-order valence-electron chi connectivity index (χ0n) is 15.8. The topological polar surface area (TPSA) is 69.0 Å². The molecule has 0 atom stereocenters. The number of rotatable bonds is 5. The van der Waals surface area contributed by atoms with E-state index in [0.29, 0.717) is 18.4 Å². The molecule has 2 aromatic heterocycles. The summed E-state index contributed by atoms with van der Waals surface area (Å²) in [5, 5.41) is 3.25. The van der Waals surface area contributed by atoms with E-state index in [0.717, 1.165) is 47.5 Å². The number of ether oxygens (including phenoxy) is 1. The van der Waals surface area contributed by atoms with E-state index >= 15 is 0 Å². The lowest BCUT2D eigenvalue weighted by molar-refractivity contribution is 0.397. The second-order valence-electron chi connectivity index (χ2n) is 6.84. The van der Waals surface area contributed by atoms with Crippen molar-refractivity contribution in [2.75, 3.05) is 12.4 Å². The number of halogens is 1. The van der Waals surface area contributed by atoms with Crippen LogP contribution in [0.2, 0.25) is 0 Å². The van der Waals surface area contributed by atoms with E-state index in [9.17, 15) is 9.18 Å².